The van der Waals surface area contributed by atoms with E-state index in [9.17, 15) is 10.1 Å². The van der Waals surface area contributed by atoms with E-state index in [4.69, 9.17) is 23.2 Å². The molecule has 0 amide bonds. The summed E-state index contributed by atoms with van der Waals surface area (Å²) in [4.78, 5) is 9.63. The van der Waals surface area contributed by atoms with E-state index in [1.807, 2.05) is 0 Å². The van der Waals surface area contributed by atoms with Crippen LogP contribution < -0.4 is 0 Å². The van der Waals surface area contributed by atoms with Gasteiger partial charge in [0.05, 0.1) is 9.95 Å². The van der Waals surface area contributed by atoms with Crippen molar-refractivity contribution in [1.82, 2.24) is 0 Å². The molecule has 0 aliphatic carbocycles. The molecule has 5 heteroatoms. The van der Waals surface area contributed by atoms with Gasteiger partial charge in [-0.2, -0.15) is 0 Å². The Morgan fingerprint density at radius 3 is 2.64 bits per heavy atom. The molecule has 1 radical (unpaired) electrons. The summed E-state index contributed by atoms with van der Waals surface area (Å²) in [5, 5.41) is 10.2. The van der Waals surface area contributed by atoms with Gasteiger partial charge in [-0.1, -0.05) is 23.2 Å². The van der Waals surface area contributed by atoms with Crippen LogP contribution in [0, 0.1) is 16.2 Å². The number of halogens is 2. The van der Waals surface area contributed by atoms with Gasteiger partial charge < -0.3 is 0 Å². The molecule has 0 aromatic heterocycles. The summed E-state index contributed by atoms with van der Waals surface area (Å²) in [7, 11) is 0. The quantitative estimate of drug-likeness (QED) is 0.505. The number of nitro benzene ring substituents is 1. The molecular weight excluding hydrogens is 189 g/mol. The summed E-state index contributed by atoms with van der Waals surface area (Å²) in [6.07, 6.45) is 0. The second-order valence-corrected chi connectivity index (χ2v) is 2.50. The van der Waals surface area contributed by atoms with E-state index in [0.29, 0.717) is 0 Å². The van der Waals surface area contributed by atoms with E-state index in [2.05, 4.69) is 6.07 Å². The zero-order chi connectivity index (χ0) is 8.43. The van der Waals surface area contributed by atoms with Crippen LogP contribution in [0.3, 0.4) is 0 Å². The van der Waals surface area contributed by atoms with Crippen molar-refractivity contribution in [2.75, 3.05) is 0 Å². The predicted molar refractivity (Wildman–Crippen MR) is 42.0 cm³/mol. The summed E-state index contributed by atoms with van der Waals surface area (Å²) in [5.74, 6) is 0. The fourth-order valence-corrected chi connectivity index (χ4v) is 0.930. The lowest BCUT2D eigenvalue weighted by atomic mass is 10.3. The maximum absolute atomic E-state index is 10.2. The minimum atomic E-state index is -0.595. The van der Waals surface area contributed by atoms with Crippen LogP contribution >= 0.6 is 23.2 Å². The molecule has 0 aliphatic rings. The van der Waals surface area contributed by atoms with E-state index in [1.54, 1.807) is 0 Å². The van der Waals surface area contributed by atoms with Crippen molar-refractivity contribution in [2.45, 2.75) is 0 Å². The minimum absolute atomic E-state index is 0.0702. The third-order valence-electron chi connectivity index (χ3n) is 1.07. The minimum Gasteiger partial charge on any atom is -0.258 e. The fourth-order valence-electron chi connectivity index (χ4n) is 0.584. The fraction of sp³-hybridized carbons (Fsp3) is 0. The lowest BCUT2D eigenvalue weighted by Gasteiger charge is -1.94. The number of nitro groups is 1. The van der Waals surface area contributed by atoms with Crippen LogP contribution in [0.4, 0.5) is 5.69 Å². The molecule has 1 aromatic carbocycles. The molecule has 0 spiro atoms. The largest absolute Gasteiger partial charge is 0.289 e. The molecule has 0 atom stereocenters. The first-order valence-corrected chi connectivity index (χ1v) is 3.38. The molecule has 0 N–H and O–H groups in total. The molecule has 0 aliphatic heterocycles. The third-order valence-corrected chi connectivity index (χ3v) is 1.84. The Labute approximate surface area is 72.7 Å². The second kappa shape index (κ2) is 3.07. The lowest BCUT2D eigenvalue weighted by molar-refractivity contribution is -0.384. The van der Waals surface area contributed by atoms with E-state index in [0.717, 1.165) is 0 Å². The van der Waals surface area contributed by atoms with Crippen molar-refractivity contribution in [3.63, 3.8) is 0 Å². The number of benzene rings is 1. The number of nitrogens with zero attached hydrogens (tertiary/aromatic N) is 1. The van der Waals surface area contributed by atoms with Gasteiger partial charge in [0.15, 0.2) is 0 Å². The summed E-state index contributed by atoms with van der Waals surface area (Å²) in [6.45, 7) is 0. The van der Waals surface area contributed by atoms with Gasteiger partial charge in [0.1, 0.15) is 5.02 Å². The van der Waals surface area contributed by atoms with Crippen molar-refractivity contribution < 1.29 is 4.92 Å². The SMILES string of the molecule is O=[N+]([O-])c1cc[c]c(Cl)c1Cl. The highest BCUT2D eigenvalue weighted by Gasteiger charge is 2.13. The van der Waals surface area contributed by atoms with Gasteiger partial charge in [-0.3, -0.25) is 10.1 Å². The molecule has 11 heavy (non-hydrogen) atoms. The standard InChI is InChI=1S/C6H2Cl2NO2/c7-4-2-1-3-5(6(4)8)9(10)11/h1,3H. The molecule has 1 rings (SSSR count). The summed E-state index contributed by atoms with van der Waals surface area (Å²) < 4.78 is 0. The van der Waals surface area contributed by atoms with E-state index < -0.39 is 4.92 Å². The van der Waals surface area contributed by atoms with Crippen molar-refractivity contribution in [1.29, 1.82) is 0 Å². The molecule has 0 saturated heterocycles. The maximum Gasteiger partial charge on any atom is 0.289 e. The van der Waals surface area contributed by atoms with E-state index in [1.165, 1.54) is 12.1 Å². The van der Waals surface area contributed by atoms with Crippen LogP contribution in [0.5, 0.6) is 0 Å². The summed E-state index contributed by atoms with van der Waals surface area (Å²) in [6, 6.07) is 5.12. The molecule has 0 unspecified atom stereocenters. The summed E-state index contributed by atoms with van der Waals surface area (Å²) in [5.41, 5.74) is -0.199. The Morgan fingerprint density at radius 1 is 1.55 bits per heavy atom. The highest BCUT2D eigenvalue weighted by Crippen LogP contribution is 2.30. The summed E-state index contributed by atoms with van der Waals surface area (Å²) >= 11 is 10.9. The van der Waals surface area contributed by atoms with Gasteiger partial charge in [0.25, 0.3) is 5.69 Å². The molecule has 1 aromatic rings. The zero-order valence-corrected chi connectivity index (χ0v) is 6.69. The predicted octanol–water partition coefficient (Wildman–Crippen LogP) is 2.70. The number of hydrogen-bond donors (Lipinski definition) is 0. The van der Waals surface area contributed by atoms with Gasteiger partial charge in [-0.25, -0.2) is 0 Å². The Hall–Kier alpha value is -0.800. The van der Waals surface area contributed by atoms with Crippen molar-refractivity contribution >= 4 is 28.9 Å². The molecule has 0 fully saturated rings. The van der Waals surface area contributed by atoms with Crippen molar-refractivity contribution in [2.24, 2.45) is 0 Å². The Morgan fingerprint density at radius 2 is 2.18 bits per heavy atom. The average molecular weight is 191 g/mol. The highest BCUT2D eigenvalue weighted by atomic mass is 35.5. The second-order valence-electron chi connectivity index (χ2n) is 1.75. The maximum atomic E-state index is 10.2. The first kappa shape index (κ1) is 8.30. The Bertz CT molecular complexity index is 301. The van der Waals surface area contributed by atoms with Gasteiger partial charge >= 0.3 is 0 Å². The molecular formula is C6H2Cl2NO2. The normalized spacial score (nSPS) is 9.64. The van der Waals surface area contributed by atoms with Gasteiger partial charge in [-0.05, 0) is 6.07 Å². The van der Waals surface area contributed by atoms with Crippen LogP contribution in [0.2, 0.25) is 10.0 Å². The third kappa shape index (κ3) is 1.61. The molecule has 57 valence electrons. The highest BCUT2D eigenvalue weighted by molar-refractivity contribution is 6.43. The van der Waals surface area contributed by atoms with Crippen molar-refractivity contribution in [3.8, 4) is 0 Å². The molecule has 0 bridgehead atoms. The molecule has 3 nitrogen and oxygen atoms in total. The van der Waals surface area contributed by atoms with Crippen LogP contribution in [-0.4, -0.2) is 4.92 Å². The molecule has 0 saturated carbocycles. The Balaban J connectivity index is 3.27. The smallest absolute Gasteiger partial charge is 0.258 e. The van der Waals surface area contributed by atoms with Gasteiger partial charge in [0, 0.05) is 12.1 Å². The average Bonchev–Trinajstić information content (AvgIpc) is 1.94. The first-order chi connectivity index (χ1) is 5.13. The van der Waals surface area contributed by atoms with Crippen LogP contribution in [0.1, 0.15) is 0 Å². The lowest BCUT2D eigenvalue weighted by Crippen LogP contribution is -1.88. The number of hydrogen-bond acceptors (Lipinski definition) is 2. The van der Waals surface area contributed by atoms with Crippen molar-refractivity contribution in [3.05, 3.63) is 38.4 Å². The van der Waals surface area contributed by atoms with Gasteiger partial charge in [0.2, 0.25) is 0 Å². The van der Waals surface area contributed by atoms with Crippen LogP contribution in [0.15, 0.2) is 12.1 Å². The number of rotatable bonds is 1. The van der Waals surface area contributed by atoms with Gasteiger partial charge in [-0.15, -0.1) is 0 Å². The first-order valence-electron chi connectivity index (χ1n) is 2.63. The van der Waals surface area contributed by atoms with E-state index in [-0.39, 0.29) is 15.7 Å². The van der Waals surface area contributed by atoms with Crippen LogP contribution in [0.25, 0.3) is 0 Å². The zero-order valence-electron chi connectivity index (χ0n) is 5.17. The monoisotopic (exact) mass is 190 g/mol. The topological polar surface area (TPSA) is 43.1 Å². The molecule has 0 heterocycles. The van der Waals surface area contributed by atoms with E-state index >= 15 is 0 Å². The Kier molecular flexibility index (Phi) is 2.31. The van der Waals surface area contributed by atoms with Crippen LogP contribution in [-0.2, 0) is 0 Å².